The van der Waals surface area contributed by atoms with Crippen molar-refractivity contribution in [3.05, 3.63) is 36.4 Å². The summed E-state index contributed by atoms with van der Waals surface area (Å²) in [5.74, 6) is 2.47. The molecule has 0 fully saturated rings. The quantitative estimate of drug-likeness (QED) is 0.235. The molecule has 0 spiro atoms. The van der Waals surface area contributed by atoms with Crippen LogP contribution in [0.15, 0.2) is 44.8 Å². The monoisotopic (exact) mass is 424 g/mol. The van der Waals surface area contributed by atoms with E-state index >= 15 is 0 Å². The zero-order chi connectivity index (χ0) is 17.5. The minimum atomic E-state index is 1.24. The molecule has 3 heterocycles. The molecule has 0 saturated carbocycles. The lowest BCUT2D eigenvalue weighted by molar-refractivity contribution is 0.896. The van der Waals surface area contributed by atoms with Crippen LogP contribution in [-0.4, -0.2) is 11.5 Å². The highest BCUT2D eigenvalue weighted by Gasteiger charge is 2.10. The third-order valence-electron chi connectivity index (χ3n) is 3.74. The predicted molar refractivity (Wildman–Crippen MR) is 122 cm³/mol. The largest absolute Gasteiger partial charge is 0.134 e. The lowest BCUT2D eigenvalue weighted by Gasteiger charge is -1.95. The van der Waals surface area contributed by atoms with Gasteiger partial charge in [0.1, 0.15) is 0 Å². The van der Waals surface area contributed by atoms with Crippen molar-refractivity contribution in [1.29, 1.82) is 0 Å². The molecule has 3 aromatic rings. The minimum absolute atomic E-state index is 1.24. The van der Waals surface area contributed by atoms with Crippen molar-refractivity contribution < 1.29 is 0 Å². The SMILES string of the molecule is CCCCSc1ccc(-c2ccc(-c3ccc(SCCCC)s3)s2)s1. The van der Waals surface area contributed by atoms with Gasteiger partial charge in [-0.25, -0.2) is 0 Å². The molecule has 0 amide bonds. The molecule has 0 aliphatic heterocycles. The summed E-state index contributed by atoms with van der Waals surface area (Å²) in [5, 5.41) is 0. The Morgan fingerprint density at radius 1 is 0.600 bits per heavy atom. The zero-order valence-electron chi connectivity index (χ0n) is 14.7. The molecule has 0 aliphatic rings. The van der Waals surface area contributed by atoms with Crippen LogP contribution in [0.25, 0.3) is 19.5 Å². The molecular weight excluding hydrogens is 401 g/mol. The Hall–Kier alpha value is -0.200. The zero-order valence-corrected chi connectivity index (χ0v) is 18.8. The van der Waals surface area contributed by atoms with Crippen LogP contribution in [-0.2, 0) is 0 Å². The fourth-order valence-electron chi connectivity index (χ4n) is 2.30. The fraction of sp³-hybridized carbons (Fsp3) is 0.400. The van der Waals surface area contributed by atoms with E-state index in [2.05, 4.69) is 50.2 Å². The van der Waals surface area contributed by atoms with Crippen LogP contribution in [0, 0.1) is 0 Å². The Bertz CT molecular complexity index is 702. The number of hydrogen-bond donors (Lipinski definition) is 0. The molecule has 0 aromatic carbocycles. The van der Waals surface area contributed by atoms with Crippen molar-refractivity contribution in [1.82, 2.24) is 0 Å². The van der Waals surface area contributed by atoms with E-state index < -0.39 is 0 Å². The summed E-state index contributed by atoms with van der Waals surface area (Å²) in [5.41, 5.74) is 0. The van der Waals surface area contributed by atoms with E-state index in [0.29, 0.717) is 0 Å². The number of rotatable bonds is 10. The van der Waals surface area contributed by atoms with Crippen molar-refractivity contribution >= 4 is 57.5 Å². The van der Waals surface area contributed by atoms with Crippen LogP contribution in [0.1, 0.15) is 39.5 Å². The van der Waals surface area contributed by atoms with E-state index in [9.17, 15) is 0 Å². The second-order valence-corrected chi connectivity index (χ2v) is 11.8. The molecule has 5 heteroatoms. The van der Waals surface area contributed by atoms with Crippen LogP contribution in [0.5, 0.6) is 0 Å². The summed E-state index contributed by atoms with van der Waals surface area (Å²) in [6.45, 7) is 4.51. The maximum absolute atomic E-state index is 2.29. The number of thioether (sulfide) groups is 2. The summed E-state index contributed by atoms with van der Waals surface area (Å²) >= 11 is 9.80. The Balaban J connectivity index is 1.64. The van der Waals surface area contributed by atoms with Gasteiger partial charge in [0, 0.05) is 19.5 Å². The van der Waals surface area contributed by atoms with Gasteiger partial charge in [0.2, 0.25) is 0 Å². The van der Waals surface area contributed by atoms with Gasteiger partial charge < -0.3 is 0 Å². The first-order valence-electron chi connectivity index (χ1n) is 8.86. The van der Waals surface area contributed by atoms with Crippen LogP contribution >= 0.6 is 57.5 Å². The number of unbranched alkanes of at least 4 members (excludes halogenated alkanes) is 2. The van der Waals surface area contributed by atoms with Gasteiger partial charge in [0.05, 0.1) is 8.42 Å². The lowest BCUT2D eigenvalue weighted by atomic mass is 10.3. The molecular formula is C20H24S5. The highest BCUT2D eigenvalue weighted by atomic mass is 32.2. The van der Waals surface area contributed by atoms with Crippen molar-refractivity contribution in [3.8, 4) is 19.5 Å². The van der Waals surface area contributed by atoms with Crippen LogP contribution in [0.2, 0.25) is 0 Å². The summed E-state index contributed by atoms with van der Waals surface area (Å²) in [6, 6.07) is 13.7. The van der Waals surface area contributed by atoms with Gasteiger partial charge >= 0.3 is 0 Å². The van der Waals surface area contributed by atoms with Crippen molar-refractivity contribution in [2.24, 2.45) is 0 Å². The first-order chi connectivity index (χ1) is 12.3. The molecule has 0 aliphatic carbocycles. The number of hydrogen-bond acceptors (Lipinski definition) is 5. The van der Waals surface area contributed by atoms with Gasteiger partial charge in [-0.3, -0.25) is 0 Å². The van der Waals surface area contributed by atoms with Gasteiger partial charge in [-0.1, -0.05) is 26.7 Å². The first kappa shape index (κ1) is 19.6. The van der Waals surface area contributed by atoms with Gasteiger partial charge in [-0.2, -0.15) is 0 Å². The van der Waals surface area contributed by atoms with E-state index in [-0.39, 0.29) is 0 Å². The second-order valence-electron chi connectivity index (χ2n) is 5.81. The topological polar surface area (TPSA) is 0 Å². The van der Waals surface area contributed by atoms with Crippen LogP contribution in [0.3, 0.4) is 0 Å². The van der Waals surface area contributed by atoms with Gasteiger partial charge in [0.15, 0.2) is 0 Å². The molecule has 0 N–H and O–H groups in total. The maximum atomic E-state index is 2.29. The van der Waals surface area contributed by atoms with Crippen molar-refractivity contribution in [2.75, 3.05) is 11.5 Å². The second kappa shape index (κ2) is 10.2. The van der Waals surface area contributed by atoms with Crippen molar-refractivity contribution in [3.63, 3.8) is 0 Å². The molecule has 0 saturated heterocycles. The van der Waals surface area contributed by atoms with E-state index in [1.807, 2.05) is 57.5 Å². The highest BCUT2D eigenvalue weighted by Crippen LogP contribution is 2.42. The van der Waals surface area contributed by atoms with Crippen LogP contribution in [0.4, 0.5) is 0 Å². The molecule has 0 nitrogen and oxygen atoms in total. The van der Waals surface area contributed by atoms with Gasteiger partial charge in [-0.05, 0) is 60.7 Å². The van der Waals surface area contributed by atoms with Gasteiger partial charge in [-0.15, -0.1) is 57.5 Å². The third-order valence-corrected chi connectivity index (χ3v) is 10.0. The normalized spacial score (nSPS) is 11.3. The van der Waals surface area contributed by atoms with E-state index in [1.54, 1.807) is 0 Å². The summed E-state index contributed by atoms with van der Waals surface area (Å²) in [6.07, 6.45) is 5.16. The third kappa shape index (κ3) is 5.64. The standard InChI is InChI=1S/C20H24S5/c1-3-5-13-21-19-11-9-17(24-19)15-7-8-16(23-15)18-10-12-20(25-18)22-14-6-4-2/h7-12H,3-6,13-14H2,1-2H3. The summed E-state index contributed by atoms with van der Waals surface area (Å²) in [4.78, 5) is 5.61. The minimum Gasteiger partial charge on any atom is -0.134 e. The molecule has 0 radical (unpaired) electrons. The maximum Gasteiger partial charge on any atom is 0.0605 e. The predicted octanol–water partition coefficient (Wildman–Crippen LogP) is 8.99. The Labute approximate surface area is 172 Å². The number of thiophene rings is 3. The van der Waals surface area contributed by atoms with E-state index in [1.165, 1.54) is 65.1 Å². The van der Waals surface area contributed by atoms with Crippen molar-refractivity contribution in [2.45, 2.75) is 47.9 Å². The average molecular weight is 425 g/mol. The first-order valence-corrected chi connectivity index (χ1v) is 13.3. The molecule has 134 valence electrons. The van der Waals surface area contributed by atoms with E-state index in [0.717, 1.165) is 0 Å². The molecule has 0 bridgehead atoms. The van der Waals surface area contributed by atoms with Crippen LogP contribution < -0.4 is 0 Å². The smallest absolute Gasteiger partial charge is 0.0605 e. The summed E-state index contributed by atoms with van der Waals surface area (Å²) in [7, 11) is 0. The molecule has 3 aromatic heterocycles. The Morgan fingerprint density at radius 3 is 1.44 bits per heavy atom. The molecule has 3 rings (SSSR count). The Kier molecular flexibility index (Phi) is 7.99. The lowest BCUT2D eigenvalue weighted by Crippen LogP contribution is -1.73. The summed E-state index contributed by atoms with van der Waals surface area (Å²) < 4.78 is 2.90. The fourth-order valence-corrected chi connectivity index (χ4v) is 8.07. The van der Waals surface area contributed by atoms with Gasteiger partial charge in [0.25, 0.3) is 0 Å². The highest BCUT2D eigenvalue weighted by molar-refractivity contribution is 8.01. The molecule has 0 unspecified atom stereocenters. The average Bonchev–Trinajstić information content (AvgIpc) is 3.35. The molecule has 0 atom stereocenters. The Morgan fingerprint density at radius 2 is 1.00 bits per heavy atom. The van der Waals surface area contributed by atoms with E-state index in [4.69, 9.17) is 0 Å². The molecule has 25 heavy (non-hydrogen) atoms.